The lowest BCUT2D eigenvalue weighted by Crippen LogP contribution is -2.46. The number of amides is 3. The van der Waals surface area contributed by atoms with Crippen LogP contribution in [0.1, 0.15) is 50.4 Å². The second-order valence-corrected chi connectivity index (χ2v) is 7.54. The van der Waals surface area contributed by atoms with E-state index >= 15 is 0 Å². The van der Waals surface area contributed by atoms with Gasteiger partial charge in [0.15, 0.2) is 18.1 Å². The topological polar surface area (TPSA) is 120 Å². The molecule has 0 radical (unpaired) electrons. The van der Waals surface area contributed by atoms with E-state index in [9.17, 15) is 19.2 Å². The normalized spacial score (nSPS) is 17.0. The highest BCUT2D eigenvalue weighted by molar-refractivity contribution is 6.03. The van der Waals surface area contributed by atoms with E-state index in [4.69, 9.17) is 14.2 Å². The molecule has 1 unspecified atom stereocenters. The maximum atomic E-state index is 12.7. The summed E-state index contributed by atoms with van der Waals surface area (Å²) in [4.78, 5) is 48.1. The molecule has 0 bridgehead atoms. The summed E-state index contributed by atoms with van der Waals surface area (Å²) in [6, 6.07) is 3.80. The van der Waals surface area contributed by atoms with Gasteiger partial charge in [-0.25, -0.2) is 4.79 Å². The smallest absolute Gasteiger partial charge is 0.344 e. The van der Waals surface area contributed by atoms with Gasteiger partial charge in [-0.1, -0.05) is 6.07 Å². The number of imide groups is 1. The van der Waals surface area contributed by atoms with Crippen molar-refractivity contribution in [1.82, 2.24) is 10.6 Å². The predicted molar refractivity (Wildman–Crippen MR) is 103 cm³/mol. The molecule has 0 aliphatic carbocycles. The highest BCUT2D eigenvalue weighted by Crippen LogP contribution is 2.31. The predicted octanol–water partition coefficient (Wildman–Crippen LogP) is 1.34. The molecule has 1 saturated heterocycles. The minimum atomic E-state index is -0.829. The Kier molecular flexibility index (Phi) is 7.19. The van der Waals surface area contributed by atoms with Gasteiger partial charge in [-0.05, 0) is 45.7 Å². The number of benzene rings is 1. The van der Waals surface area contributed by atoms with Crippen molar-refractivity contribution in [1.29, 1.82) is 0 Å². The van der Waals surface area contributed by atoms with Crippen molar-refractivity contribution < 1.29 is 33.4 Å². The van der Waals surface area contributed by atoms with Gasteiger partial charge in [0, 0.05) is 6.42 Å². The molecule has 0 saturated carbocycles. The molecule has 158 valence electrons. The van der Waals surface area contributed by atoms with Crippen molar-refractivity contribution in [2.45, 2.75) is 51.7 Å². The minimum absolute atomic E-state index is 0.124. The Hall–Kier alpha value is -3.10. The zero-order valence-corrected chi connectivity index (χ0v) is 17.0. The number of carbonyl (C=O) groups excluding carboxylic acids is 4. The van der Waals surface area contributed by atoms with Crippen molar-refractivity contribution in [3.05, 3.63) is 23.8 Å². The minimum Gasteiger partial charge on any atom is -0.492 e. The summed E-state index contributed by atoms with van der Waals surface area (Å²) >= 11 is 0. The fraction of sp³-hybridized carbons (Fsp3) is 0.500. The summed E-state index contributed by atoms with van der Waals surface area (Å²) in [5, 5.41) is 4.85. The molecule has 0 aromatic heterocycles. The van der Waals surface area contributed by atoms with Crippen LogP contribution in [0.3, 0.4) is 0 Å². The molecule has 1 aromatic carbocycles. The van der Waals surface area contributed by atoms with Gasteiger partial charge < -0.3 is 19.5 Å². The van der Waals surface area contributed by atoms with Gasteiger partial charge in [0.1, 0.15) is 11.6 Å². The Morgan fingerprint density at radius 1 is 1.24 bits per heavy atom. The lowest BCUT2D eigenvalue weighted by molar-refractivity contribution is -0.157. The molecule has 1 aliphatic rings. The fourth-order valence-corrected chi connectivity index (χ4v) is 2.79. The van der Waals surface area contributed by atoms with Gasteiger partial charge >= 0.3 is 5.97 Å². The summed E-state index contributed by atoms with van der Waals surface area (Å²) in [5.74, 6) is -1.71. The van der Waals surface area contributed by atoms with E-state index in [0.29, 0.717) is 12.8 Å². The number of nitrogens with one attached hydrogen (secondary N) is 2. The van der Waals surface area contributed by atoms with Gasteiger partial charge in [0.25, 0.3) is 5.91 Å². The molecule has 3 amide bonds. The number of rotatable bonds is 6. The summed E-state index contributed by atoms with van der Waals surface area (Å²) in [6.07, 6.45) is 1.06. The SMILES string of the molecule is COc1c(OCC(=O)OC(C)(C)C)cccc1C(=O)NC1CCCC(=O)NC1=O. The van der Waals surface area contributed by atoms with Gasteiger partial charge in [0.2, 0.25) is 11.8 Å². The van der Waals surface area contributed by atoms with Crippen molar-refractivity contribution in [2.75, 3.05) is 13.7 Å². The number of para-hydroxylation sites is 1. The third kappa shape index (κ3) is 6.48. The molecule has 29 heavy (non-hydrogen) atoms. The fourth-order valence-electron chi connectivity index (χ4n) is 2.79. The van der Waals surface area contributed by atoms with Crippen LogP contribution in [-0.2, 0) is 19.1 Å². The third-order valence-electron chi connectivity index (χ3n) is 3.97. The van der Waals surface area contributed by atoms with Crippen LogP contribution in [0.2, 0.25) is 0 Å². The van der Waals surface area contributed by atoms with E-state index in [1.165, 1.54) is 13.2 Å². The van der Waals surface area contributed by atoms with E-state index in [2.05, 4.69) is 10.6 Å². The van der Waals surface area contributed by atoms with Crippen LogP contribution in [0.25, 0.3) is 0 Å². The van der Waals surface area contributed by atoms with Crippen LogP contribution in [-0.4, -0.2) is 49.1 Å². The van der Waals surface area contributed by atoms with E-state index in [-0.39, 0.29) is 36.0 Å². The number of esters is 1. The molecule has 1 heterocycles. The molecule has 1 aliphatic heterocycles. The second-order valence-electron chi connectivity index (χ2n) is 7.54. The highest BCUT2D eigenvalue weighted by atomic mass is 16.6. The Labute approximate surface area is 169 Å². The standard InChI is InChI=1S/C20H26N2O7/c1-20(2,3)29-16(24)11-28-14-9-5-7-12(17(14)27-4)18(25)21-13-8-6-10-15(23)22-19(13)26/h5,7,9,13H,6,8,10-11H2,1-4H3,(H,21,25)(H,22,23,26). The Balaban J connectivity index is 2.11. The number of ether oxygens (including phenoxy) is 3. The Morgan fingerprint density at radius 3 is 2.62 bits per heavy atom. The summed E-state index contributed by atoms with van der Waals surface area (Å²) in [7, 11) is 1.36. The number of hydrogen-bond donors (Lipinski definition) is 2. The second kappa shape index (κ2) is 9.40. The Morgan fingerprint density at radius 2 is 1.97 bits per heavy atom. The molecular formula is C20H26N2O7. The van der Waals surface area contributed by atoms with Crippen LogP contribution >= 0.6 is 0 Å². The maximum absolute atomic E-state index is 12.7. The van der Waals surface area contributed by atoms with Crippen LogP contribution in [0.4, 0.5) is 0 Å². The monoisotopic (exact) mass is 406 g/mol. The molecular weight excluding hydrogens is 380 g/mol. The summed E-state index contributed by atoms with van der Waals surface area (Å²) in [6.45, 7) is 4.88. The quantitative estimate of drug-likeness (QED) is 0.540. The molecule has 1 aromatic rings. The molecule has 2 rings (SSSR count). The lowest BCUT2D eigenvalue weighted by Gasteiger charge is -2.20. The summed E-state index contributed by atoms with van der Waals surface area (Å²) in [5.41, 5.74) is -0.509. The Bertz CT molecular complexity index is 799. The number of carbonyl (C=O) groups is 4. The van der Waals surface area contributed by atoms with Gasteiger partial charge in [0.05, 0.1) is 12.7 Å². The van der Waals surface area contributed by atoms with E-state index in [0.717, 1.165) is 0 Å². The van der Waals surface area contributed by atoms with Gasteiger partial charge in [-0.2, -0.15) is 0 Å². The van der Waals surface area contributed by atoms with Crippen molar-refractivity contribution in [2.24, 2.45) is 0 Å². The summed E-state index contributed by atoms with van der Waals surface area (Å²) < 4.78 is 16.0. The van der Waals surface area contributed by atoms with Crippen LogP contribution < -0.4 is 20.1 Å². The van der Waals surface area contributed by atoms with Crippen molar-refractivity contribution >= 4 is 23.7 Å². The zero-order chi connectivity index (χ0) is 21.6. The van der Waals surface area contributed by atoms with Gasteiger partial charge in [-0.15, -0.1) is 0 Å². The van der Waals surface area contributed by atoms with E-state index < -0.39 is 29.4 Å². The number of methoxy groups -OCH3 is 1. The molecule has 2 N–H and O–H groups in total. The average Bonchev–Trinajstić information content (AvgIpc) is 2.78. The average molecular weight is 406 g/mol. The maximum Gasteiger partial charge on any atom is 0.344 e. The van der Waals surface area contributed by atoms with Crippen LogP contribution in [0.5, 0.6) is 11.5 Å². The van der Waals surface area contributed by atoms with Crippen LogP contribution in [0, 0.1) is 0 Å². The first kappa shape index (κ1) is 22.2. The van der Waals surface area contributed by atoms with E-state index in [1.54, 1.807) is 32.9 Å². The zero-order valence-electron chi connectivity index (χ0n) is 17.0. The molecule has 9 heteroatoms. The molecule has 0 spiro atoms. The third-order valence-corrected chi connectivity index (χ3v) is 3.97. The van der Waals surface area contributed by atoms with Crippen molar-refractivity contribution in [3.63, 3.8) is 0 Å². The van der Waals surface area contributed by atoms with Gasteiger partial charge in [-0.3, -0.25) is 19.7 Å². The lowest BCUT2D eigenvalue weighted by atomic mass is 10.1. The first-order chi connectivity index (χ1) is 13.6. The molecule has 9 nitrogen and oxygen atoms in total. The van der Waals surface area contributed by atoms with Crippen molar-refractivity contribution in [3.8, 4) is 11.5 Å². The molecule has 1 atom stereocenters. The first-order valence-corrected chi connectivity index (χ1v) is 9.27. The number of hydrogen-bond acceptors (Lipinski definition) is 7. The highest BCUT2D eigenvalue weighted by Gasteiger charge is 2.27. The van der Waals surface area contributed by atoms with Crippen LogP contribution in [0.15, 0.2) is 18.2 Å². The van der Waals surface area contributed by atoms with E-state index in [1.807, 2.05) is 0 Å². The first-order valence-electron chi connectivity index (χ1n) is 9.27. The molecule has 1 fully saturated rings. The largest absolute Gasteiger partial charge is 0.492 e.